The van der Waals surface area contributed by atoms with Gasteiger partial charge in [0.2, 0.25) is 0 Å². The van der Waals surface area contributed by atoms with E-state index in [1.807, 2.05) is 0 Å². The molecule has 78 valence electrons. The highest BCUT2D eigenvalue weighted by atomic mass is 15.2. The molecule has 0 aromatic carbocycles. The van der Waals surface area contributed by atoms with Gasteiger partial charge in [0.1, 0.15) is 0 Å². The van der Waals surface area contributed by atoms with Crippen LogP contribution >= 0.6 is 0 Å². The van der Waals surface area contributed by atoms with Gasteiger partial charge in [0, 0.05) is 18.1 Å². The second kappa shape index (κ2) is 3.61. The molecule has 1 heterocycles. The smallest absolute Gasteiger partial charge is 0.0128 e. The Labute approximate surface area is 83.5 Å². The number of nitrogens with zero attached hydrogens (tertiary/aromatic N) is 1. The molecule has 0 N–H and O–H groups in total. The predicted molar refractivity (Wildman–Crippen MR) is 58.9 cm³/mol. The molecule has 0 spiro atoms. The van der Waals surface area contributed by atoms with Crippen molar-refractivity contribution in [2.75, 3.05) is 6.54 Å². The van der Waals surface area contributed by atoms with Crippen molar-refractivity contribution in [2.24, 2.45) is 11.8 Å². The van der Waals surface area contributed by atoms with Gasteiger partial charge in [-0.05, 0) is 39.0 Å². The number of likely N-dealkylation sites (tertiary alicyclic amines) is 1. The largest absolute Gasteiger partial charge is 0.295 e. The Kier molecular flexibility index (Phi) is 3.06. The lowest BCUT2D eigenvalue weighted by Crippen LogP contribution is -2.46. The van der Waals surface area contributed by atoms with E-state index in [1.54, 1.807) is 0 Å². The Bertz CT molecular complexity index is 166. The third kappa shape index (κ3) is 2.46. The van der Waals surface area contributed by atoms with Gasteiger partial charge >= 0.3 is 0 Å². The fourth-order valence-electron chi connectivity index (χ4n) is 2.49. The van der Waals surface area contributed by atoms with Crippen molar-refractivity contribution < 1.29 is 0 Å². The molecule has 1 saturated heterocycles. The minimum absolute atomic E-state index is 0.347. The fraction of sp³-hybridized carbons (Fsp3) is 1.00. The third-order valence-electron chi connectivity index (χ3n) is 3.18. The first-order valence-electron chi connectivity index (χ1n) is 5.59. The van der Waals surface area contributed by atoms with E-state index >= 15 is 0 Å². The van der Waals surface area contributed by atoms with Crippen molar-refractivity contribution >= 4 is 0 Å². The normalized spacial score (nSPS) is 31.6. The summed E-state index contributed by atoms with van der Waals surface area (Å²) in [6, 6.07) is 0.801. The zero-order valence-corrected chi connectivity index (χ0v) is 10.1. The fourth-order valence-corrected chi connectivity index (χ4v) is 2.49. The minimum Gasteiger partial charge on any atom is -0.295 e. The molecule has 0 aromatic heterocycles. The standard InChI is InChI=1S/C12H25N/c1-9(2)11-7-10(3)8-13(11)12(4,5)6/h9-11H,7-8H2,1-6H3/t10?,11-/m0/s1. The Morgan fingerprint density at radius 2 is 1.77 bits per heavy atom. The molecule has 1 heteroatoms. The molecule has 1 unspecified atom stereocenters. The van der Waals surface area contributed by atoms with Crippen molar-refractivity contribution in [1.29, 1.82) is 0 Å². The Morgan fingerprint density at radius 3 is 2.08 bits per heavy atom. The number of hydrogen-bond acceptors (Lipinski definition) is 1. The van der Waals surface area contributed by atoms with Crippen molar-refractivity contribution in [3.8, 4) is 0 Å². The second-order valence-electron chi connectivity index (χ2n) is 5.98. The van der Waals surface area contributed by atoms with Crippen LogP contribution in [0.1, 0.15) is 48.0 Å². The van der Waals surface area contributed by atoms with Gasteiger partial charge in [0.05, 0.1) is 0 Å². The Morgan fingerprint density at radius 1 is 1.23 bits per heavy atom. The topological polar surface area (TPSA) is 3.24 Å². The highest BCUT2D eigenvalue weighted by molar-refractivity contribution is 4.92. The molecule has 0 radical (unpaired) electrons. The maximum Gasteiger partial charge on any atom is 0.0128 e. The summed E-state index contributed by atoms with van der Waals surface area (Å²) < 4.78 is 0. The molecule has 1 fully saturated rings. The molecule has 1 aliphatic heterocycles. The van der Waals surface area contributed by atoms with Crippen molar-refractivity contribution in [3.05, 3.63) is 0 Å². The van der Waals surface area contributed by atoms with Crippen LogP contribution in [0.5, 0.6) is 0 Å². The van der Waals surface area contributed by atoms with E-state index in [-0.39, 0.29) is 0 Å². The van der Waals surface area contributed by atoms with Crippen molar-refractivity contribution in [3.63, 3.8) is 0 Å². The van der Waals surface area contributed by atoms with Gasteiger partial charge in [0.25, 0.3) is 0 Å². The monoisotopic (exact) mass is 183 g/mol. The van der Waals surface area contributed by atoms with E-state index in [4.69, 9.17) is 0 Å². The average molecular weight is 183 g/mol. The van der Waals surface area contributed by atoms with Crippen LogP contribution in [0.15, 0.2) is 0 Å². The van der Waals surface area contributed by atoms with Crippen LogP contribution in [-0.4, -0.2) is 23.0 Å². The second-order valence-corrected chi connectivity index (χ2v) is 5.98. The lowest BCUT2D eigenvalue weighted by molar-refractivity contribution is 0.0942. The highest BCUT2D eigenvalue weighted by Crippen LogP contribution is 2.33. The van der Waals surface area contributed by atoms with Crippen LogP contribution in [0.4, 0.5) is 0 Å². The van der Waals surface area contributed by atoms with Crippen molar-refractivity contribution in [2.45, 2.75) is 59.5 Å². The summed E-state index contributed by atoms with van der Waals surface area (Å²) in [5.74, 6) is 1.68. The maximum absolute atomic E-state index is 2.68. The first-order chi connectivity index (χ1) is 5.82. The van der Waals surface area contributed by atoms with E-state index in [1.165, 1.54) is 13.0 Å². The first kappa shape index (κ1) is 11.0. The van der Waals surface area contributed by atoms with Gasteiger partial charge in [-0.2, -0.15) is 0 Å². The molecular weight excluding hydrogens is 158 g/mol. The summed E-state index contributed by atoms with van der Waals surface area (Å²) >= 11 is 0. The maximum atomic E-state index is 2.68. The van der Waals surface area contributed by atoms with E-state index in [0.717, 1.165) is 17.9 Å². The molecule has 2 atom stereocenters. The highest BCUT2D eigenvalue weighted by Gasteiger charge is 2.37. The summed E-state index contributed by atoms with van der Waals surface area (Å²) in [5.41, 5.74) is 0.347. The third-order valence-corrected chi connectivity index (χ3v) is 3.18. The quantitative estimate of drug-likeness (QED) is 0.603. The molecule has 1 aliphatic rings. The van der Waals surface area contributed by atoms with E-state index in [9.17, 15) is 0 Å². The van der Waals surface area contributed by atoms with Crippen LogP contribution < -0.4 is 0 Å². The molecule has 0 bridgehead atoms. The summed E-state index contributed by atoms with van der Waals surface area (Å²) in [6.45, 7) is 15.4. The van der Waals surface area contributed by atoms with Crippen LogP contribution in [0.25, 0.3) is 0 Å². The molecule has 0 aromatic rings. The van der Waals surface area contributed by atoms with Crippen molar-refractivity contribution in [1.82, 2.24) is 4.90 Å². The van der Waals surface area contributed by atoms with Crippen LogP contribution in [-0.2, 0) is 0 Å². The molecule has 1 rings (SSSR count). The molecule has 0 saturated carbocycles. The summed E-state index contributed by atoms with van der Waals surface area (Å²) in [4.78, 5) is 2.68. The number of hydrogen-bond donors (Lipinski definition) is 0. The zero-order chi connectivity index (χ0) is 10.2. The molecule has 13 heavy (non-hydrogen) atoms. The van der Waals surface area contributed by atoms with Gasteiger partial charge in [-0.25, -0.2) is 0 Å². The molecule has 0 aliphatic carbocycles. The Hall–Kier alpha value is -0.0400. The summed E-state index contributed by atoms with van der Waals surface area (Å²) in [7, 11) is 0. The van der Waals surface area contributed by atoms with E-state index < -0.39 is 0 Å². The van der Waals surface area contributed by atoms with E-state index in [2.05, 4.69) is 46.4 Å². The lowest BCUT2D eigenvalue weighted by atomic mass is 9.96. The van der Waals surface area contributed by atoms with Crippen LogP contribution in [0, 0.1) is 11.8 Å². The summed E-state index contributed by atoms with van der Waals surface area (Å²) in [5, 5.41) is 0. The average Bonchev–Trinajstić information content (AvgIpc) is 2.29. The first-order valence-corrected chi connectivity index (χ1v) is 5.59. The van der Waals surface area contributed by atoms with E-state index in [0.29, 0.717) is 5.54 Å². The molecular formula is C12H25N. The van der Waals surface area contributed by atoms with Gasteiger partial charge in [-0.15, -0.1) is 0 Å². The predicted octanol–water partition coefficient (Wildman–Crippen LogP) is 3.15. The van der Waals surface area contributed by atoms with Gasteiger partial charge < -0.3 is 0 Å². The van der Waals surface area contributed by atoms with Gasteiger partial charge in [-0.3, -0.25) is 4.90 Å². The van der Waals surface area contributed by atoms with Gasteiger partial charge in [-0.1, -0.05) is 20.8 Å². The molecule has 1 nitrogen and oxygen atoms in total. The van der Waals surface area contributed by atoms with Crippen LogP contribution in [0.3, 0.4) is 0 Å². The Balaban J connectivity index is 2.72. The summed E-state index contributed by atoms with van der Waals surface area (Å²) in [6.07, 6.45) is 1.38. The molecule has 0 amide bonds. The SMILES string of the molecule is CC1C[C@@H](C(C)C)N(C(C)(C)C)C1. The van der Waals surface area contributed by atoms with Crippen LogP contribution in [0.2, 0.25) is 0 Å². The number of rotatable bonds is 1. The lowest BCUT2D eigenvalue weighted by Gasteiger charge is -2.38. The minimum atomic E-state index is 0.347. The zero-order valence-electron chi connectivity index (χ0n) is 10.1. The van der Waals surface area contributed by atoms with Gasteiger partial charge in [0.15, 0.2) is 0 Å².